The Morgan fingerprint density at radius 2 is 1.93 bits per heavy atom. The summed E-state index contributed by atoms with van der Waals surface area (Å²) in [6.45, 7) is 7.90. The summed E-state index contributed by atoms with van der Waals surface area (Å²) in [6.07, 6.45) is 0.717. The van der Waals surface area contributed by atoms with E-state index in [9.17, 15) is 8.42 Å². The van der Waals surface area contributed by atoms with Crippen molar-refractivity contribution in [3.8, 4) is 0 Å². The largest absolute Gasteiger partial charge is 0.359 e. The van der Waals surface area contributed by atoms with Gasteiger partial charge in [-0.3, -0.25) is 0 Å². The van der Waals surface area contributed by atoms with E-state index in [0.717, 1.165) is 30.0 Å². The van der Waals surface area contributed by atoms with Crippen molar-refractivity contribution >= 4 is 40.0 Å². The van der Waals surface area contributed by atoms with Gasteiger partial charge in [0.25, 0.3) is 0 Å². The molecular formula is C18H28IN5O3S. The molecule has 0 aliphatic heterocycles. The number of benzene rings is 1. The number of nitrogens with one attached hydrogen (secondary N) is 2. The second kappa shape index (κ2) is 11.4. The van der Waals surface area contributed by atoms with Crippen molar-refractivity contribution in [2.24, 2.45) is 10.1 Å². The fourth-order valence-electron chi connectivity index (χ4n) is 2.35. The highest BCUT2D eigenvalue weighted by molar-refractivity contribution is 14.0. The van der Waals surface area contributed by atoms with E-state index in [1.165, 1.54) is 12.1 Å². The molecule has 0 amide bonds. The Bertz CT molecular complexity index is 864. The van der Waals surface area contributed by atoms with E-state index in [-0.39, 0.29) is 28.9 Å². The van der Waals surface area contributed by atoms with E-state index in [0.29, 0.717) is 25.0 Å². The van der Waals surface area contributed by atoms with Gasteiger partial charge in [-0.1, -0.05) is 31.1 Å². The second-order valence-corrected chi connectivity index (χ2v) is 8.00. The number of nitrogens with zero attached hydrogens (tertiary/aromatic N) is 2. The summed E-state index contributed by atoms with van der Waals surface area (Å²) >= 11 is 0. The van der Waals surface area contributed by atoms with Gasteiger partial charge in [-0.2, -0.15) is 0 Å². The highest BCUT2D eigenvalue weighted by Crippen LogP contribution is 2.14. The van der Waals surface area contributed by atoms with E-state index in [1.807, 2.05) is 13.0 Å². The van der Waals surface area contributed by atoms with Crippen LogP contribution < -0.4 is 15.8 Å². The standard InChI is InChI=1S/C18H27N5O3S.HI/c1-4-20-18(22-12-15-11-17(13(2)3)23-26-15)21-10-9-14-5-7-16(8-6-14)27(19,24)25;/h5-8,11,13H,4,9-10,12H2,1-3H3,(H2,19,24,25)(H2,20,21,22);1H. The molecule has 0 bridgehead atoms. The number of aromatic nitrogens is 1. The fraction of sp³-hybridized carbons (Fsp3) is 0.444. The lowest BCUT2D eigenvalue weighted by Crippen LogP contribution is -2.38. The van der Waals surface area contributed by atoms with E-state index in [2.05, 4.69) is 34.6 Å². The summed E-state index contributed by atoms with van der Waals surface area (Å²) in [5.41, 5.74) is 1.92. The van der Waals surface area contributed by atoms with Crippen LogP contribution in [0.5, 0.6) is 0 Å². The summed E-state index contributed by atoms with van der Waals surface area (Å²) in [5, 5.41) is 15.6. The Labute approximate surface area is 183 Å². The van der Waals surface area contributed by atoms with Crippen molar-refractivity contribution in [3.05, 3.63) is 47.3 Å². The van der Waals surface area contributed by atoms with Crippen molar-refractivity contribution in [2.45, 2.75) is 44.6 Å². The number of rotatable bonds is 8. The number of nitrogens with two attached hydrogens (primary N) is 1. The van der Waals surface area contributed by atoms with Crippen LogP contribution in [0.25, 0.3) is 0 Å². The van der Waals surface area contributed by atoms with Gasteiger partial charge >= 0.3 is 0 Å². The van der Waals surface area contributed by atoms with Crippen molar-refractivity contribution in [1.82, 2.24) is 15.8 Å². The van der Waals surface area contributed by atoms with Crippen LogP contribution in [0.3, 0.4) is 0 Å². The van der Waals surface area contributed by atoms with Gasteiger partial charge in [0, 0.05) is 19.2 Å². The van der Waals surface area contributed by atoms with Gasteiger partial charge in [0.15, 0.2) is 11.7 Å². The predicted octanol–water partition coefficient (Wildman–Crippen LogP) is 2.36. The third-order valence-electron chi connectivity index (χ3n) is 3.86. The molecule has 0 saturated heterocycles. The maximum atomic E-state index is 11.3. The molecule has 2 aromatic rings. The van der Waals surface area contributed by atoms with Crippen molar-refractivity contribution in [2.75, 3.05) is 13.1 Å². The molecule has 0 aliphatic carbocycles. The second-order valence-electron chi connectivity index (χ2n) is 6.43. The predicted molar refractivity (Wildman–Crippen MR) is 120 cm³/mol. The zero-order chi connectivity index (χ0) is 19.9. The summed E-state index contributed by atoms with van der Waals surface area (Å²) in [7, 11) is -3.66. The molecule has 8 nitrogen and oxygen atoms in total. The normalized spacial score (nSPS) is 12.0. The fourth-order valence-corrected chi connectivity index (χ4v) is 2.86. The molecular weight excluding hydrogens is 493 g/mol. The molecule has 0 unspecified atom stereocenters. The molecule has 0 aliphatic rings. The van der Waals surface area contributed by atoms with Crippen LogP contribution in [0.15, 0.2) is 44.7 Å². The van der Waals surface area contributed by atoms with Crippen molar-refractivity contribution in [3.63, 3.8) is 0 Å². The molecule has 0 spiro atoms. The van der Waals surface area contributed by atoms with Gasteiger partial charge in [-0.15, -0.1) is 24.0 Å². The summed E-state index contributed by atoms with van der Waals surface area (Å²) in [4.78, 5) is 4.61. The molecule has 28 heavy (non-hydrogen) atoms. The lowest BCUT2D eigenvalue weighted by atomic mass is 10.1. The van der Waals surface area contributed by atoms with Crippen LogP contribution in [0.4, 0.5) is 0 Å². The molecule has 0 radical (unpaired) electrons. The molecule has 1 aromatic carbocycles. The monoisotopic (exact) mass is 521 g/mol. The lowest BCUT2D eigenvalue weighted by molar-refractivity contribution is 0.376. The zero-order valence-corrected chi connectivity index (χ0v) is 19.5. The summed E-state index contributed by atoms with van der Waals surface area (Å²) in [6, 6.07) is 8.46. The Morgan fingerprint density at radius 1 is 1.25 bits per heavy atom. The third kappa shape index (κ3) is 7.76. The molecule has 0 saturated carbocycles. The average Bonchev–Trinajstić information content (AvgIpc) is 3.09. The third-order valence-corrected chi connectivity index (χ3v) is 4.79. The Hall–Kier alpha value is -1.66. The smallest absolute Gasteiger partial charge is 0.238 e. The Balaban J connectivity index is 0.00000392. The molecule has 0 fully saturated rings. The van der Waals surface area contributed by atoms with E-state index in [1.54, 1.807) is 12.1 Å². The minimum absolute atomic E-state index is 0. The van der Waals surface area contributed by atoms with Gasteiger partial charge in [-0.05, 0) is 37.0 Å². The van der Waals surface area contributed by atoms with Crippen molar-refractivity contribution < 1.29 is 12.9 Å². The molecule has 1 aromatic heterocycles. The number of hydrogen-bond donors (Lipinski definition) is 3. The topological polar surface area (TPSA) is 123 Å². The maximum absolute atomic E-state index is 11.3. The van der Waals surface area contributed by atoms with Gasteiger partial charge in [0.1, 0.15) is 6.54 Å². The highest BCUT2D eigenvalue weighted by Gasteiger charge is 2.08. The van der Waals surface area contributed by atoms with Crippen LogP contribution in [0, 0.1) is 0 Å². The SMILES string of the molecule is CCNC(=NCc1cc(C(C)C)no1)NCCc1ccc(S(N)(=O)=O)cc1.I. The lowest BCUT2D eigenvalue weighted by Gasteiger charge is -2.11. The number of guanidine groups is 1. The summed E-state index contributed by atoms with van der Waals surface area (Å²) in [5.74, 6) is 1.72. The molecule has 0 atom stereocenters. The number of hydrogen-bond acceptors (Lipinski definition) is 5. The first kappa shape index (κ1) is 24.4. The van der Waals surface area contributed by atoms with Crippen molar-refractivity contribution in [1.29, 1.82) is 0 Å². The molecule has 10 heteroatoms. The van der Waals surface area contributed by atoms with Crippen LogP contribution in [-0.2, 0) is 23.0 Å². The number of sulfonamides is 1. The number of primary sulfonamides is 1. The molecule has 1 heterocycles. The number of aliphatic imine (C=N–C) groups is 1. The quantitative estimate of drug-likeness (QED) is 0.279. The van der Waals surface area contributed by atoms with Gasteiger partial charge in [0.05, 0.1) is 10.6 Å². The first-order valence-corrected chi connectivity index (χ1v) is 10.4. The highest BCUT2D eigenvalue weighted by atomic mass is 127. The van der Waals surface area contributed by atoms with E-state index in [4.69, 9.17) is 9.66 Å². The van der Waals surface area contributed by atoms with E-state index >= 15 is 0 Å². The van der Waals surface area contributed by atoms with Crippen LogP contribution >= 0.6 is 24.0 Å². The Kier molecular flexibility index (Phi) is 9.90. The molecule has 2 rings (SSSR count). The zero-order valence-electron chi connectivity index (χ0n) is 16.3. The Morgan fingerprint density at radius 3 is 2.46 bits per heavy atom. The number of halogens is 1. The van der Waals surface area contributed by atoms with Crippen LogP contribution in [0.2, 0.25) is 0 Å². The van der Waals surface area contributed by atoms with Gasteiger partial charge in [0.2, 0.25) is 10.0 Å². The van der Waals surface area contributed by atoms with Crippen LogP contribution in [-0.4, -0.2) is 32.6 Å². The first-order valence-electron chi connectivity index (χ1n) is 8.89. The molecule has 4 N–H and O–H groups in total. The summed E-state index contributed by atoms with van der Waals surface area (Å²) < 4.78 is 27.8. The average molecular weight is 521 g/mol. The first-order chi connectivity index (χ1) is 12.8. The van der Waals surface area contributed by atoms with Gasteiger partial charge in [-0.25, -0.2) is 18.5 Å². The van der Waals surface area contributed by atoms with Crippen LogP contribution in [0.1, 0.15) is 43.7 Å². The minimum Gasteiger partial charge on any atom is -0.359 e. The minimum atomic E-state index is -3.66. The van der Waals surface area contributed by atoms with E-state index < -0.39 is 10.0 Å². The van der Waals surface area contributed by atoms with Gasteiger partial charge < -0.3 is 15.2 Å². The maximum Gasteiger partial charge on any atom is 0.238 e. The molecule has 156 valence electrons.